The van der Waals surface area contributed by atoms with Crippen LogP contribution in [0.2, 0.25) is 0 Å². The van der Waals surface area contributed by atoms with E-state index < -0.39 is 44.2 Å². The third-order valence-corrected chi connectivity index (χ3v) is 34.2. The average molecular weight is 1830 g/mol. The van der Waals surface area contributed by atoms with Gasteiger partial charge in [0.1, 0.15) is 0 Å². The Morgan fingerprint density at radius 2 is 0.165 bits per heavy atom. The van der Waals surface area contributed by atoms with Gasteiger partial charge in [-0.15, -0.1) is 0 Å². The van der Waals surface area contributed by atoms with Gasteiger partial charge in [-0.25, -0.2) is 0 Å². The van der Waals surface area contributed by atoms with Gasteiger partial charge in [-0.3, -0.25) is 0 Å². The number of hydrogen-bond donors (Lipinski definition) is 0. The summed E-state index contributed by atoms with van der Waals surface area (Å²) in [4.78, 5) is 71.0. The van der Waals surface area contributed by atoms with E-state index in [9.17, 15) is 56.8 Å². The van der Waals surface area contributed by atoms with Crippen molar-refractivity contribution in [3.63, 3.8) is 0 Å². The molecule has 19 heteroatoms. The summed E-state index contributed by atoms with van der Waals surface area (Å²) in [6.07, 6.45) is 88.7. The molecule has 0 aromatic heterocycles. The van der Waals surface area contributed by atoms with Gasteiger partial charge in [0, 0.05) is 65.3 Å². The minimum absolute atomic E-state index is 0. The zero-order chi connectivity index (χ0) is 86.4. The van der Waals surface area contributed by atoms with Gasteiger partial charge in [0.25, 0.3) is 0 Å². The maximum atomic E-state index is 11.8. The van der Waals surface area contributed by atoms with Crippen molar-refractivity contribution in [3.8, 4) is 0 Å². The van der Waals surface area contributed by atoms with Crippen molar-refractivity contribution in [1.29, 1.82) is 0 Å². The molecule has 0 atom stereocenters. The SMILES string of the molecule is CCCCCCCCP(=O)([O-])CCCCCCCC.CCCCCCCCP(=O)([O-])CCCCCCCC.CCCCCCCCP(=O)([O-])CCCCCCCC.CCCCCCCCP(=O)([O-])CCCCCCCC.CCCCCCCCP(=O)([O-])CCCCCCCC.CCCCCCCCP(=O)([O-])CCCCCCCC.[Mo]. The van der Waals surface area contributed by atoms with E-state index in [0.717, 1.165) is 154 Å². The van der Waals surface area contributed by atoms with Crippen LogP contribution in [0, 0.1) is 0 Å². The van der Waals surface area contributed by atoms with Gasteiger partial charge in [-0.1, -0.05) is 468 Å². The molecule has 0 spiro atoms. The Labute approximate surface area is 736 Å². The van der Waals surface area contributed by atoms with E-state index in [1.165, 1.54) is 308 Å². The van der Waals surface area contributed by atoms with Crippen LogP contribution in [0.15, 0.2) is 0 Å². The van der Waals surface area contributed by atoms with Gasteiger partial charge < -0.3 is 56.8 Å². The van der Waals surface area contributed by atoms with Gasteiger partial charge in [0.2, 0.25) is 0 Å². The van der Waals surface area contributed by atoms with Gasteiger partial charge >= 0.3 is 0 Å². The van der Waals surface area contributed by atoms with Crippen LogP contribution in [0.5, 0.6) is 0 Å². The summed E-state index contributed by atoms with van der Waals surface area (Å²) >= 11 is 0. The van der Waals surface area contributed by atoms with Crippen molar-refractivity contribution in [2.24, 2.45) is 0 Å². The van der Waals surface area contributed by atoms with Crippen molar-refractivity contribution in [2.75, 3.05) is 73.9 Å². The second kappa shape index (κ2) is 103. The number of rotatable bonds is 84. The van der Waals surface area contributed by atoms with E-state index in [1.54, 1.807) is 0 Å². The summed E-state index contributed by atoms with van der Waals surface area (Å²) in [7, 11) is -18.3. The van der Waals surface area contributed by atoms with E-state index in [2.05, 4.69) is 83.1 Å². The maximum absolute atomic E-state index is 11.8. The molecule has 115 heavy (non-hydrogen) atoms. The Morgan fingerprint density at radius 1 is 0.113 bits per heavy atom. The summed E-state index contributed by atoms with van der Waals surface area (Å²) in [5.41, 5.74) is 0. The predicted octanol–water partition coefficient (Wildman–Crippen LogP) is 32.1. The van der Waals surface area contributed by atoms with Gasteiger partial charge in [-0.05, 0) is 151 Å². The summed E-state index contributed by atoms with van der Waals surface area (Å²) in [6, 6.07) is 0. The molecule has 702 valence electrons. The summed E-state index contributed by atoms with van der Waals surface area (Å²) < 4.78 is 71.0. The molecule has 0 N–H and O–H groups in total. The average Bonchev–Trinajstić information content (AvgIpc) is 0.980. The Morgan fingerprint density at radius 3 is 0.226 bits per heavy atom. The Hall–Kier alpha value is 1.83. The Bertz CT molecular complexity index is 1630. The van der Waals surface area contributed by atoms with Crippen molar-refractivity contribution in [1.82, 2.24) is 0 Å². The predicted molar refractivity (Wildman–Crippen MR) is 505 cm³/mol. The normalized spacial score (nSPS) is 11.8. The quantitative estimate of drug-likeness (QED) is 0.0314. The van der Waals surface area contributed by atoms with Crippen molar-refractivity contribution < 1.29 is 77.8 Å². The largest absolute Gasteiger partial charge is 0.799 e. The molecule has 0 amide bonds. The molecule has 0 aliphatic heterocycles. The minimum atomic E-state index is -3.05. The molecule has 0 saturated carbocycles. The fraction of sp³-hybridized carbons (Fsp3) is 1.00. The molecule has 12 nitrogen and oxygen atoms in total. The van der Waals surface area contributed by atoms with Crippen LogP contribution >= 0.6 is 44.2 Å². The fourth-order valence-electron chi connectivity index (χ4n) is 14.3. The zero-order valence-corrected chi connectivity index (χ0v) is 86.8. The molecule has 0 saturated heterocycles. The van der Waals surface area contributed by atoms with Crippen LogP contribution in [-0.2, 0) is 48.5 Å². The summed E-state index contributed by atoms with van der Waals surface area (Å²) in [5.74, 6) is 0. The summed E-state index contributed by atoms with van der Waals surface area (Å²) in [5, 5.41) is 0. The molecule has 0 unspecified atom stereocenters. The van der Waals surface area contributed by atoms with Crippen LogP contribution in [0.4, 0.5) is 0 Å². The van der Waals surface area contributed by atoms with Crippen LogP contribution < -0.4 is 29.4 Å². The van der Waals surface area contributed by atoms with Crippen LogP contribution in [0.3, 0.4) is 0 Å². The third kappa shape index (κ3) is 124. The fourth-order valence-corrected chi connectivity index (χ4v) is 24.1. The molecule has 0 heterocycles. The molecule has 0 radical (unpaired) electrons. The number of hydrogen-bond acceptors (Lipinski definition) is 12. The monoisotopic (exact) mass is 1830 g/mol. The van der Waals surface area contributed by atoms with E-state index >= 15 is 0 Å². The van der Waals surface area contributed by atoms with Crippen molar-refractivity contribution in [2.45, 2.75) is 545 Å². The van der Waals surface area contributed by atoms with Gasteiger partial charge in [0.15, 0.2) is 0 Å². The Balaban J connectivity index is -0.000000243. The smallest absolute Gasteiger partial charge is 0.0148 e. The first-order valence-electron chi connectivity index (χ1n) is 50.5. The second-order valence-corrected chi connectivity index (χ2v) is 49.9. The molecular formula is C96H204MoO12P6-6. The molecule has 0 bridgehead atoms. The first-order chi connectivity index (χ1) is 54.7. The molecule has 0 rings (SSSR count). The van der Waals surface area contributed by atoms with E-state index in [4.69, 9.17) is 0 Å². The molecule has 0 aromatic carbocycles. The standard InChI is InChI=1S/6C16H35O2P.Mo/c6*1-3-5-7-9-11-13-15-19(17,18)16-14-12-10-8-6-4-2;/h6*3-16H2,1-2H3,(H,17,18);/p-6. The molecule has 0 fully saturated rings. The molecule has 0 aliphatic rings. The van der Waals surface area contributed by atoms with E-state index in [-0.39, 0.29) is 21.1 Å². The molecular weight excluding hydrogens is 1630 g/mol. The van der Waals surface area contributed by atoms with Crippen LogP contribution in [0.25, 0.3) is 0 Å². The Kier molecular flexibility index (Phi) is 116. The van der Waals surface area contributed by atoms with E-state index in [1.807, 2.05) is 0 Å². The third-order valence-electron chi connectivity index (χ3n) is 22.2. The topological polar surface area (TPSA) is 241 Å². The van der Waals surface area contributed by atoms with Gasteiger partial charge in [-0.2, -0.15) is 0 Å². The number of unbranched alkanes of at least 4 members (excludes halogenated alkanes) is 60. The van der Waals surface area contributed by atoms with Gasteiger partial charge in [0.05, 0.1) is 0 Å². The van der Waals surface area contributed by atoms with Crippen LogP contribution in [-0.4, -0.2) is 73.9 Å². The van der Waals surface area contributed by atoms with Crippen molar-refractivity contribution >= 4 is 44.2 Å². The van der Waals surface area contributed by atoms with E-state index in [0.29, 0.717) is 73.9 Å². The molecule has 0 aliphatic carbocycles. The maximum Gasteiger partial charge on any atom is 0.0148 e. The second-order valence-electron chi connectivity index (χ2n) is 34.8. The minimum Gasteiger partial charge on any atom is -0.799 e. The zero-order valence-electron chi connectivity index (χ0n) is 79.4. The first kappa shape index (κ1) is 130. The van der Waals surface area contributed by atoms with Crippen molar-refractivity contribution in [3.05, 3.63) is 0 Å². The molecule has 0 aromatic rings. The first-order valence-corrected chi connectivity index (χ1v) is 62.4. The summed E-state index contributed by atoms with van der Waals surface area (Å²) in [6.45, 7) is 26.4. The van der Waals surface area contributed by atoms with Crippen LogP contribution in [0.1, 0.15) is 545 Å².